The first-order valence-corrected chi connectivity index (χ1v) is 4.42. The molecule has 0 aliphatic rings. The Labute approximate surface area is 83.2 Å². The van der Waals surface area contributed by atoms with Crippen LogP contribution in [0.4, 0.5) is 0 Å². The average Bonchev–Trinajstić information content (AvgIpc) is 2.17. The van der Waals surface area contributed by atoms with Crippen LogP contribution in [0, 0.1) is 0 Å². The van der Waals surface area contributed by atoms with Crippen LogP contribution in [0.5, 0.6) is 0 Å². The van der Waals surface area contributed by atoms with Gasteiger partial charge in [-0.3, -0.25) is 9.59 Å². The summed E-state index contributed by atoms with van der Waals surface area (Å²) in [4.78, 5) is 21.9. The van der Waals surface area contributed by atoms with Gasteiger partial charge in [0.2, 0.25) is 11.8 Å². The Morgan fingerprint density at radius 1 is 1.38 bits per heavy atom. The summed E-state index contributed by atoms with van der Waals surface area (Å²) >= 11 is 3.60. The quantitative estimate of drug-likeness (QED) is 0.438. The number of hydrogen-bond acceptors (Lipinski definition) is 4. The highest BCUT2D eigenvalue weighted by Crippen LogP contribution is 1.97. The van der Waals surface area contributed by atoms with Crippen molar-refractivity contribution in [2.24, 2.45) is 0 Å². The molecule has 13 heavy (non-hydrogen) atoms. The van der Waals surface area contributed by atoms with Crippen molar-refractivity contribution in [1.29, 1.82) is 0 Å². The Bertz CT molecular complexity index is 187. The second-order valence-electron chi connectivity index (χ2n) is 2.53. The maximum atomic E-state index is 11.1. The van der Waals surface area contributed by atoms with Crippen molar-refractivity contribution < 1.29 is 9.59 Å². The number of likely N-dealkylation sites (N-methyl/N-ethyl adjacent to an activating group) is 2. The molecule has 2 amide bonds. The SMILES string of the molecule is CNC(=O)C(CCC(=O)NS)NC. The lowest BCUT2D eigenvalue weighted by Crippen LogP contribution is -2.41. The molecule has 0 aromatic rings. The zero-order valence-electron chi connectivity index (χ0n) is 7.76. The molecule has 0 aromatic carbocycles. The summed E-state index contributed by atoms with van der Waals surface area (Å²) in [5.41, 5.74) is 0. The van der Waals surface area contributed by atoms with Crippen molar-refractivity contribution in [1.82, 2.24) is 15.4 Å². The van der Waals surface area contributed by atoms with Gasteiger partial charge in [0.25, 0.3) is 0 Å². The molecule has 0 heterocycles. The highest BCUT2D eigenvalue weighted by molar-refractivity contribution is 7.78. The number of nitrogens with one attached hydrogen (secondary N) is 3. The molecule has 6 heteroatoms. The van der Waals surface area contributed by atoms with Crippen molar-refractivity contribution in [3.8, 4) is 0 Å². The summed E-state index contributed by atoms with van der Waals surface area (Å²) in [6.07, 6.45) is 0.741. The predicted molar refractivity (Wildman–Crippen MR) is 53.3 cm³/mol. The number of rotatable bonds is 5. The highest BCUT2D eigenvalue weighted by atomic mass is 32.1. The summed E-state index contributed by atoms with van der Waals surface area (Å²) in [5.74, 6) is -0.304. The van der Waals surface area contributed by atoms with Gasteiger partial charge < -0.3 is 15.4 Å². The Balaban J connectivity index is 3.85. The van der Waals surface area contributed by atoms with Crippen molar-refractivity contribution >= 4 is 24.6 Å². The lowest BCUT2D eigenvalue weighted by molar-refractivity contribution is -0.123. The van der Waals surface area contributed by atoms with Crippen molar-refractivity contribution in [3.63, 3.8) is 0 Å². The third-order valence-electron chi connectivity index (χ3n) is 1.70. The summed E-state index contributed by atoms with van der Waals surface area (Å²) in [6, 6.07) is -0.323. The van der Waals surface area contributed by atoms with E-state index < -0.39 is 0 Å². The maximum absolute atomic E-state index is 11.1. The largest absolute Gasteiger partial charge is 0.358 e. The molecule has 76 valence electrons. The van der Waals surface area contributed by atoms with E-state index in [1.165, 1.54) is 0 Å². The Morgan fingerprint density at radius 2 is 2.00 bits per heavy atom. The zero-order valence-corrected chi connectivity index (χ0v) is 8.65. The van der Waals surface area contributed by atoms with E-state index in [0.29, 0.717) is 6.42 Å². The van der Waals surface area contributed by atoms with Gasteiger partial charge in [-0.25, -0.2) is 0 Å². The second-order valence-corrected chi connectivity index (χ2v) is 2.75. The van der Waals surface area contributed by atoms with E-state index >= 15 is 0 Å². The maximum Gasteiger partial charge on any atom is 0.236 e. The van der Waals surface area contributed by atoms with E-state index in [4.69, 9.17) is 0 Å². The van der Waals surface area contributed by atoms with Gasteiger partial charge in [0.15, 0.2) is 0 Å². The molecule has 0 saturated carbocycles. The standard InChI is InChI=1S/C7H15N3O2S/c1-8-5(7(12)9-2)3-4-6(11)10-13/h5,8,13H,3-4H2,1-2H3,(H,9,12)(H,10,11). The molecular formula is C7H15N3O2S. The summed E-state index contributed by atoms with van der Waals surface area (Å²) in [7, 11) is 3.24. The third-order valence-corrected chi connectivity index (χ3v) is 1.95. The molecule has 0 bridgehead atoms. The Morgan fingerprint density at radius 3 is 2.38 bits per heavy atom. The highest BCUT2D eigenvalue weighted by Gasteiger charge is 2.15. The third kappa shape index (κ3) is 4.74. The summed E-state index contributed by atoms with van der Waals surface area (Å²) in [6.45, 7) is 0. The lowest BCUT2D eigenvalue weighted by Gasteiger charge is -2.13. The van der Waals surface area contributed by atoms with Crippen LogP contribution in [0.1, 0.15) is 12.8 Å². The lowest BCUT2D eigenvalue weighted by atomic mass is 10.1. The molecule has 0 radical (unpaired) electrons. The molecule has 0 aliphatic carbocycles. The van der Waals surface area contributed by atoms with E-state index in [-0.39, 0.29) is 24.3 Å². The first-order valence-electron chi connectivity index (χ1n) is 3.97. The topological polar surface area (TPSA) is 70.2 Å². The van der Waals surface area contributed by atoms with Crippen LogP contribution in [0.25, 0.3) is 0 Å². The molecule has 0 fully saturated rings. The van der Waals surface area contributed by atoms with Crippen LogP contribution in [-0.4, -0.2) is 32.0 Å². The van der Waals surface area contributed by atoms with E-state index in [0.717, 1.165) is 0 Å². The summed E-state index contributed by atoms with van der Waals surface area (Å²) in [5, 5.41) is 5.32. The molecule has 0 spiro atoms. The normalized spacial score (nSPS) is 11.9. The fourth-order valence-electron chi connectivity index (χ4n) is 0.912. The molecule has 5 nitrogen and oxygen atoms in total. The molecule has 1 unspecified atom stereocenters. The number of thiol groups is 1. The number of hydrogen-bond donors (Lipinski definition) is 4. The molecule has 0 aliphatic heterocycles. The van der Waals surface area contributed by atoms with Crippen LogP contribution in [0.3, 0.4) is 0 Å². The van der Waals surface area contributed by atoms with Crippen LogP contribution in [-0.2, 0) is 9.59 Å². The minimum absolute atomic E-state index is 0.116. The summed E-state index contributed by atoms with van der Waals surface area (Å²) < 4.78 is 2.20. The van der Waals surface area contributed by atoms with E-state index in [9.17, 15) is 9.59 Å². The Kier molecular flexibility index (Phi) is 6.34. The molecule has 0 aromatic heterocycles. The van der Waals surface area contributed by atoms with E-state index in [2.05, 4.69) is 28.2 Å². The fraction of sp³-hybridized carbons (Fsp3) is 0.714. The molecule has 1 atom stereocenters. The van der Waals surface area contributed by atoms with Gasteiger partial charge in [0, 0.05) is 13.5 Å². The smallest absolute Gasteiger partial charge is 0.236 e. The van der Waals surface area contributed by atoms with Gasteiger partial charge in [-0.15, -0.1) is 0 Å². The van der Waals surface area contributed by atoms with Crippen molar-refractivity contribution in [2.45, 2.75) is 18.9 Å². The minimum atomic E-state index is -0.323. The van der Waals surface area contributed by atoms with Crippen LogP contribution >= 0.6 is 12.8 Å². The van der Waals surface area contributed by atoms with Crippen molar-refractivity contribution in [2.75, 3.05) is 14.1 Å². The number of amides is 2. The minimum Gasteiger partial charge on any atom is -0.358 e. The van der Waals surface area contributed by atoms with E-state index in [1.807, 2.05) is 0 Å². The monoisotopic (exact) mass is 205 g/mol. The first-order chi connectivity index (χ1) is 6.15. The van der Waals surface area contributed by atoms with Crippen LogP contribution < -0.4 is 15.4 Å². The predicted octanol–water partition coefficient (Wildman–Crippen LogP) is -0.938. The molecule has 0 rings (SSSR count). The van der Waals surface area contributed by atoms with Gasteiger partial charge in [0.05, 0.1) is 6.04 Å². The average molecular weight is 205 g/mol. The second kappa shape index (κ2) is 6.73. The molecule has 0 saturated heterocycles. The first kappa shape index (κ1) is 12.2. The Hall–Kier alpha value is -0.750. The van der Waals surface area contributed by atoms with Crippen molar-refractivity contribution in [3.05, 3.63) is 0 Å². The van der Waals surface area contributed by atoms with E-state index in [1.54, 1.807) is 14.1 Å². The molecular weight excluding hydrogens is 190 g/mol. The number of carbonyl (C=O) groups is 2. The molecule has 3 N–H and O–H groups in total. The van der Waals surface area contributed by atoms with Crippen LogP contribution in [0.2, 0.25) is 0 Å². The van der Waals surface area contributed by atoms with Gasteiger partial charge in [0.1, 0.15) is 0 Å². The zero-order chi connectivity index (χ0) is 10.3. The van der Waals surface area contributed by atoms with Crippen LogP contribution in [0.15, 0.2) is 0 Å². The van der Waals surface area contributed by atoms with Gasteiger partial charge in [-0.05, 0) is 13.5 Å². The van der Waals surface area contributed by atoms with Gasteiger partial charge in [-0.1, -0.05) is 12.8 Å². The fourth-order valence-corrected chi connectivity index (χ4v) is 1.02. The van der Waals surface area contributed by atoms with Gasteiger partial charge in [-0.2, -0.15) is 0 Å². The van der Waals surface area contributed by atoms with Gasteiger partial charge >= 0.3 is 0 Å². The number of carbonyl (C=O) groups excluding carboxylic acids is 2.